The highest BCUT2D eigenvalue weighted by molar-refractivity contribution is 9.10. The molecule has 1 aromatic rings. The summed E-state index contributed by atoms with van der Waals surface area (Å²) in [4.78, 5) is 39.1. The fraction of sp³-hybridized carbons (Fsp3) is 0.583. The summed E-state index contributed by atoms with van der Waals surface area (Å²) < 4.78 is 1.47. The summed E-state index contributed by atoms with van der Waals surface area (Å²) in [5, 5.41) is 3.32. The second-order valence-electron chi connectivity index (χ2n) is 5.34. The predicted molar refractivity (Wildman–Crippen MR) is 82.7 cm³/mol. The molecule has 1 aromatic heterocycles. The quantitative estimate of drug-likeness (QED) is 0.718. The van der Waals surface area contributed by atoms with Gasteiger partial charge in [0, 0.05) is 32.4 Å². The van der Waals surface area contributed by atoms with Crippen LogP contribution in [0.5, 0.6) is 0 Å². The second-order valence-corrected chi connectivity index (χ2v) is 6.20. The van der Waals surface area contributed by atoms with E-state index in [-0.39, 0.29) is 29.3 Å². The minimum atomic E-state index is -0.562. The molecular weight excluding hydrogens is 364 g/mol. The van der Waals surface area contributed by atoms with Crippen molar-refractivity contribution in [2.75, 3.05) is 26.2 Å². The van der Waals surface area contributed by atoms with Gasteiger partial charge in [0.05, 0.1) is 4.47 Å². The summed E-state index contributed by atoms with van der Waals surface area (Å²) >= 11 is 3.06. The molecule has 0 aromatic carbocycles. The smallest absolute Gasteiger partial charge is 0.328 e. The van der Waals surface area contributed by atoms with Gasteiger partial charge in [0.25, 0.3) is 5.56 Å². The zero-order valence-electron chi connectivity index (χ0n) is 11.2. The van der Waals surface area contributed by atoms with Gasteiger partial charge in [-0.15, -0.1) is 12.4 Å². The number of H-pyrrole nitrogens is 1. The van der Waals surface area contributed by atoms with Gasteiger partial charge < -0.3 is 10.2 Å². The normalized spacial score (nSPS) is 23.8. The lowest BCUT2D eigenvalue weighted by atomic mass is 10.0. The third kappa shape index (κ3) is 3.22. The van der Waals surface area contributed by atoms with E-state index in [0.29, 0.717) is 11.8 Å². The van der Waals surface area contributed by atoms with Crippen LogP contribution in [0.4, 0.5) is 0 Å². The summed E-state index contributed by atoms with van der Waals surface area (Å²) in [5.41, 5.74) is -1.05. The van der Waals surface area contributed by atoms with E-state index >= 15 is 0 Å². The standard InChI is InChI=1S/C12H15BrN4O3.ClH/c13-9-5-17(12(20)15-11(9)19)6-10(18)16-3-7-1-14-2-8(7)4-16;/h5,7-8,14H,1-4,6H2,(H,15,19,20);1H/t7-,8+;. The molecule has 0 aliphatic carbocycles. The van der Waals surface area contributed by atoms with Crippen LogP contribution in [0.25, 0.3) is 0 Å². The molecule has 7 nitrogen and oxygen atoms in total. The fourth-order valence-electron chi connectivity index (χ4n) is 2.90. The van der Waals surface area contributed by atoms with E-state index in [2.05, 4.69) is 26.2 Å². The first kappa shape index (κ1) is 16.3. The third-order valence-corrected chi connectivity index (χ3v) is 4.58. The van der Waals surface area contributed by atoms with Crippen molar-refractivity contribution in [3.05, 3.63) is 31.5 Å². The summed E-state index contributed by atoms with van der Waals surface area (Å²) in [6.07, 6.45) is 1.36. The van der Waals surface area contributed by atoms with E-state index in [9.17, 15) is 14.4 Å². The molecule has 2 aliphatic heterocycles. The van der Waals surface area contributed by atoms with E-state index in [1.165, 1.54) is 10.8 Å². The molecule has 2 atom stereocenters. The molecule has 0 radical (unpaired) electrons. The van der Waals surface area contributed by atoms with Crippen molar-refractivity contribution < 1.29 is 4.79 Å². The monoisotopic (exact) mass is 378 g/mol. The Morgan fingerprint density at radius 3 is 2.52 bits per heavy atom. The summed E-state index contributed by atoms with van der Waals surface area (Å²) in [7, 11) is 0. The lowest BCUT2D eigenvalue weighted by Gasteiger charge is -2.18. The minimum absolute atomic E-state index is 0. The van der Waals surface area contributed by atoms with Crippen molar-refractivity contribution in [1.82, 2.24) is 19.8 Å². The highest BCUT2D eigenvalue weighted by Crippen LogP contribution is 2.26. The van der Waals surface area contributed by atoms with Crippen LogP contribution >= 0.6 is 28.3 Å². The molecule has 2 aliphatic rings. The average Bonchev–Trinajstić information content (AvgIpc) is 2.96. The number of carbonyl (C=O) groups is 1. The van der Waals surface area contributed by atoms with Gasteiger partial charge in [0.2, 0.25) is 5.91 Å². The lowest BCUT2D eigenvalue weighted by Crippen LogP contribution is -2.38. The topological polar surface area (TPSA) is 87.2 Å². The van der Waals surface area contributed by atoms with Crippen LogP contribution in [0.3, 0.4) is 0 Å². The van der Waals surface area contributed by atoms with Gasteiger partial charge in [-0.25, -0.2) is 4.79 Å². The molecular formula is C12H16BrClN4O3. The van der Waals surface area contributed by atoms with Crippen molar-refractivity contribution in [2.24, 2.45) is 11.8 Å². The van der Waals surface area contributed by atoms with Gasteiger partial charge in [-0.2, -0.15) is 0 Å². The number of hydrogen-bond donors (Lipinski definition) is 2. The van der Waals surface area contributed by atoms with Gasteiger partial charge in [-0.1, -0.05) is 0 Å². The number of nitrogens with zero attached hydrogens (tertiary/aromatic N) is 2. The molecule has 1 amide bonds. The Morgan fingerprint density at radius 1 is 1.29 bits per heavy atom. The van der Waals surface area contributed by atoms with Crippen molar-refractivity contribution in [3.8, 4) is 0 Å². The first-order valence-corrected chi connectivity index (χ1v) is 7.31. The van der Waals surface area contributed by atoms with Crippen LogP contribution < -0.4 is 16.6 Å². The first-order chi connectivity index (χ1) is 9.54. The molecule has 2 fully saturated rings. The number of likely N-dealkylation sites (tertiary alicyclic amines) is 1. The van der Waals surface area contributed by atoms with Gasteiger partial charge in [0.15, 0.2) is 0 Å². The minimum Gasteiger partial charge on any atom is -0.340 e. The largest absolute Gasteiger partial charge is 0.340 e. The molecule has 3 heterocycles. The number of hydrogen-bond acceptors (Lipinski definition) is 4. The Balaban J connectivity index is 0.00000161. The zero-order valence-corrected chi connectivity index (χ0v) is 13.6. The summed E-state index contributed by atoms with van der Waals surface area (Å²) in [5.74, 6) is 0.969. The van der Waals surface area contributed by atoms with Crippen LogP contribution in [0.15, 0.2) is 20.3 Å². The van der Waals surface area contributed by atoms with Crippen LogP contribution in [-0.4, -0.2) is 46.5 Å². The summed E-state index contributed by atoms with van der Waals surface area (Å²) in [6.45, 7) is 3.36. The van der Waals surface area contributed by atoms with Crippen LogP contribution in [-0.2, 0) is 11.3 Å². The highest BCUT2D eigenvalue weighted by atomic mass is 79.9. The maximum Gasteiger partial charge on any atom is 0.328 e. The first-order valence-electron chi connectivity index (χ1n) is 6.52. The summed E-state index contributed by atoms with van der Waals surface area (Å²) in [6, 6.07) is 0. The number of fused-ring (bicyclic) bond motifs is 1. The zero-order chi connectivity index (χ0) is 14.3. The second kappa shape index (κ2) is 6.33. The molecule has 0 spiro atoms. The Morgan fingerprint density at radius 2 is 1.90 bits per heavy atom. The molecule has 0 saturated carbocycles. The molecule has 2 saturated heterocycles. The van der Waals surface area contributed by atoms with E-state index in [1.807, 2.05) is 4.90 Å². The number of nitrogens with one attached hydrogen (secondary N) is 2. The van der Waals surface area contributed by atoms with Gasteiger partial charge in [-0.3, -0.25) is 19.1 Å². The molecule has 9 heteroatoms. The van der Waals surface area contributed by atoms with Crippen molar-refractivity contribution in [1.29, 1.82) is 0 Å². The fourth-order valence-corrected chi connectivity index (χ4v) is 3.25. The molecule has 116 valence electrons. The lowest BCUT2D eigenvalue weighted by molar-refractivity contribution is -0.131. The number of carbonyl (C=O) groups excluding carboxylic acids is 1. The van der Waals surface area contributed by atoms with Crippen molar-refractivity contribution in [3.63, 3.8) is 0 Å². The number of amides is 1. The SMILES string of the molecule is Cl.O=C(Cn1cc(Br)c(=O)[nH]c1=O)N1C[C@H]2CNC[C@H]2C1. The van der Waals surface area contributed by atoms with Crippen LogP contribution in [0.1, 0.15) is 0 Å². The third-order valence-electron chi connectivity index (χ3n) is 4.02. The Labute approximate surface area is 135 Å². The van der Waals surface area contributed by atoms with E-state index in [4.69, 9.17) is 0 Å². The van der Waals surface area contributed by atoms with E-state index in [1.54, 1.807) is 0 Å². The van der Waals surface area contributed by atoms with Crippen LogP contribution in [0.2, 0.25) is 0 Å². The van der Waals surface area contributed by atoms with Gasteiger partial charge in [0.1, 0.15) is 6.54 Å². The number of rotatable bonds is 2. The Kier molecular flexibility index (Phi) is 4.90. The van der Waals surface area contributed by atoms with Crippen LogP contribution in [0, 0.1) is 11.8 Å². The number of halogens is 2. The molecule has 0 unspecified atom stereocenters. The molecule has 2 N–H and O–H groups in total. The molecule has 3 rings (SSSR count). The Hall–Kier alpha value is -1.12. The van der Waals surface area contributed by atoms with E-state index < -0.39 is 11.2 Å². The van der Waals surface area contributed by atoms with E-state index in [0.717, 1.165) is 26.2 Å². The molecule has 0 bridgehead atoms. The van der Waals surface area contributed by atoms with Crippen molar-refractivity contribution in [2.45, 2.75) is 6.54 Å². The maximum atomic E-state index is 12.2. The Bertz CT molecular complexity index is 647. The van der Waals surface area contributed by atoms with Crippen molar-refractivity contribution >= 4 is 34.2 Å². The maximum absolute atomic E-state index is 12.2. The van der Waals surface area contributed by atoms with Gasteiger partial charge in [-0.05, 0) is 27.8 Å². The van der Waals surface area contributed by atoms with Gasteiger partial charge >= 0.3 is 5.69 Å². The highest BCUT2D eigenvalue weighted by Gasteiger charge is 2.37. The number of aromatic nitrogens is 2. The number of aromatic amines is 1. The average molecular weight is 380 g/mol. The molecule has 21 heavy (non-hydrogen) atoms. The predicted octanol–water partition coefficient (Wildman–Crippen LogP) is -0.601.